The molecule has 0 radical (unpaired) electrons. The second-order valence-corrected chi connectivity index (χ2v) is 4.19. The van der Waals surface area contributed by atoms with E-state index in [1.54, 1.807) is 0 Å². The van der Waals surface area contributed by atoms with E-state index in [-0.39, 0.29) is 5.78 Å². The highest BCUT2D eigenvalue weighted by Gasteiger charge is 2.10. The van der Waals surface area contributed by atoms with Crippen LogP contribution in [0.2, 0.25) is 5.02 Å². The van der Waals surface area contributed by atoms with Crippen LogP contribution in [0.1, 0.15) is 48.5 Å². The molecule has 0 bridgehead atoms. The Hall–Kier alpha value is -0.820. The summed E-state index contributed by atoms with van der Waals surface area (Å²) >= 11 is 6.08. The monoisotopic (exact) mass is 224 g/mol. The largest absolute Gasteiger partial charge is 0.294 e. The first-order chi connectivity index (χ1) is 7.16. The van der Waals surface area contributed by atoms with Crippen LogP contribution in [0.5, 0.6) is 0 Å². The van der Waals surface area contributed by atoms with Crippen molar-refractivity contribution in [2.24, 2.45) is 0 Å². The predicted molar refractivity (Wildman–Crippen MR) is 64.7 cm³/mol. The lowest BCUT2D eigenvalue weighted by molar-refractivity contribution is 0.0979. The van der Waals surface area contributed by atoms with Crippen LogP contribution in [0, 0.1) is 6.92 Å². The number of Topliss-reactive ketones (excluding diaryl/α,β-unsaturated/α-hetero) is 1. The van der Waals surface area contributed by atoms with Crippen LogP contribution < -0.4 is 0 Å². The molecule has 15 heavy (non-hydrogen) atoms. The summed E-state index contributed by atoms with van der Waals surface area (Å²) in [4.78, 5) is 11.8. The molecule has 0 aliphatic heterocycles. The van der Waals surface area contributed by atoms with Crippen molar-refractivity contribution in [3.8, 4) is 0 Å². The molecule has 0 amide bonds. The van der Waals surface area contributed by atoms with E-state index in [1.165, 1.54) is 0 Å². The van der Waals surface area contributed by atoms with Gasteiger partial charge >= 0.3 is 0 Å². The van der Waals surface area contributed by atoms with Crippen LogP contribution in [-0.4, -0.2) is 5.78 Å². The van der Waals surface area contributed by atoms with E-state index in [9.17, 15) is 4.79 Å². The van der Waals surface area contributed by atoms with E-state index in [1.807, 2.05) is 25.1 Å². The molecule has 1 nitrogen and oxygen atoms in total. The maximum atomic E-state index is 11.8. The highest BCUT2D eigenvalue weighted by Crippen LogP contribution is 2.22. The molecule has 1 rings (SSSR count). The fourth-order valence-corrected chi connectivity index (χ4v) is 1.76. The Labute approximate surface area is 96.5 Å². The first-order valence-corrected chi connectivity index (χ1v) is 5.83. The Morgan fingerprint density at radius 1 is 1.33 bits per heavy atom. The van der Waals surface area contributed by atoms with E-state index in [2.05, 4.69) is 6.92 Å². The van der Waals surface area contributed by atoms with Crippen molar-refractivity contribution in [1.82, 2.24) is 0 Å². The second kappa shape index (κ2) is 5.92. The number of ketones is 1. The smallest absolute Gasteiger partial charge is 0.164 e. The topological polar surface area (TPSA) is 17.1 Å². The molecule has 0 aliphatic rings. The average Bonchev–Trinajstić information content (AvgIpc) is 2.22. The second-order valence-electron chi connectivity index (χ2n) is 3.82. The number of unbranched alkanes of at least 4 members (excludes halogenated alkanes) is 2. The summed E-state index contributed by atoms with van der Waals surface area (Å²) in [6.45, 7) is 4.05. The summed E-state index contributed by atoms with van der Waals surface area (Å²) in [5.41, 5.74) is 1.64. The molecule has 0 spiro atoms. The Morgan fingerprint density at radius 3 is 2.73 bits per heavy atom. The number of halogens is 1. The minimum Gasteiger partial charge on any atom is -0.294 e. The van der Waals surface area contributed by atoms with Gasteiger partial charge in [0, 0.05) is 12.0 Å². The SMILES string of the molecule is CCCCCC(=O)c1cccc(C)c1Cl. The summed E-state index contributed by atoms with van der Waals surface area (Å²) in [5.74, 6) is 0.164. The average molecular weight is 225 g/mol. The van der Waals surface area contributed by atoms with Gasteiger partial charge in [0.2, 0.25) is 0 Å². The molecule has 0 aromatic heterocycles. The van der Waals surface area contributed by atoms with Crippen molar-refractivity contribution in [2.45, 2.75) is 39.5 Å². The van der Waals surface area contributed by atoms with Crippen LogP contribution in [0.15, 0.2) is 18.2 Å². The summed E-state index contributed by atoms with van der Waals surface area (Å²) in [6.07, 6.45) is 3.81. The number of benzene rings is 1. The zero-order valence-electron chi connectivity index (χ0n) is 9.35. The van der Waals surface area contributed by atoms with Crippen molar-refractivity contribution >= 4 is 17.4 Å². The van der Waals surface area contributed by atoms with Crippen LogP contribution in [0.4, 0.5) is 0 Å². The van der Waals surface area contributed by atoms with Crippen molar-refractivity contribution < 1.29 is 4.79 Å². The van der Waals surface area contributed by atoms with E-state index >= 15 is 0 Å². The number of hydrogen-bond donors (Lipinski definition) is 0. The number of aryl methyl sites for hydroxylation is 1. The number of rotatable bonds is 5. The van der Waals surface area contributed by atoms with E-state index in [0.29, 0.717) is 17.0 Å². The molecule has 0 atom stereocenters. The van der Waals surface area contributed by atoms with Crippen molar-refractivity contribution in [3.05, 3.63) is 34.3 Å². The molecule has 0 saturated carbocycles. The number of carbonyl (C=O) groups excluding carboxylic acids is 1. The lowest BCUT2D eigenvalue weighted by atomic mass is 10.0. The Morgan fingerprint density at radius 2 is 2.07 bits per heavy atom. The van der Waals surface area contributed by atoms with Gasteiger partial charge in [-0.05, 0) is 25.0 Å². The van der Waals surface area contributed by atoms with Gasteiger partial charge in [0.1, 0.15) is 0 Å². The van der Waals surface area contributed by atoms with E-state index < -0.39 is 0 Å². The van der Waals surface area contributed by atoms with Gasteiger partial charge < -0.3 is 0 Å². The van der Waals surface area contributed by atoms with Gasteiger partial charge in [0.15, 0.2) is 5.78 Å². The zero-order chi connectivity index (χ0) is 11.3. The van der Waals surface area contributed by atoms with Gasteiger partial charge in [-0.25, -0.2) is 0 Å². The van der Waals surface area contributed by atoms with Crippen LogP contribution in [0.3, 0.4) is 0 Å². The standard InChI is InChI=1S/C13H17ClO/c1-3-4-5-9-12(15)11-8-6-7-10(2)13(11)14/h6-8H,3-5,9H2,1-2H3. The molecule has 0 aliphatic carbocycles. The number of carbonyl (C=O) groups is 1. The molecule has 1 aromatic carbocycles. The quantitative estimate of drug-likeness (QED) is 0.535. The fraction of sp³-hybridized carbons (Fsp3) is 0.462. The van der Waals surface area contributed by atoms with Gasteiger partial charge in [0.25, 0.3) is 0 Å². The van der Waals surface area contributed by atoms with Gasteiger partial charge in [0.05, 0.1) is 5.02 Å². The molecule has 1 aromatic rings. The highest BCUT2D eigenvalue weighted by atomic mass is 35.5. The number of hydrogen-bond acceptors (Lipinski definition) is 1. The third kappa shape index (κ3) is 3.35. The van der Waals surface area contributed by atoms with E-state index in [4.69, 9.17) is 11.6 Å². The maximum absolute atomic E-state index is 11.8. The molecule has 2 heteroatoms. The summed E-state index contributed by atoms with van der Waals surface area (Å²) in [5, 5.41) is 0.610. The van der Waals surface area contributed by atoms with Gasteiger partial charge in [-0.2, -0.15) is 0 Å². The van der Waals surface area contributed by atoms with Gasteiger partial charge in [-0.15, -0.1) is 0 Å². The Kier molecular flexibility index (Phi) is 4.83. The van der Waals surface area contributed by atoms with Crippen molar-refractivity contribution in [1.29, 1.82) is 0 Å². The fourth-order valence-electron chi connectivity index (χ4n) is 1.53. The van der Waals surface area contributed by atoms with Crippen molar-refractivity contribution in [2.75, 3.05) is 0 Å². The third-order valence-electron chi connectivity index (χ3n) is 2.50. The van der Waals surface area contributed by atoms with Crippen molar-refractivity contribution in [3.63, 3.8) is 0 Å². The van der Waals surface area contributed by atoms with Crippen LogP contribution in [0.25, 0.3) is 0 Å². The van der Waals surface area contributed by atoms with Crippen LogP contribution >= 0.6 is 11.6 Å². The lowest BCUT2D eigenvalue weighted by Gasteiger charge is -2.05. The summed E-state index contributed by atoms with van der Waals surface area (Å²) < 4.78 is 0. The maximum Gasteiger partial charge on any atom is 0.164 e. The molecule has 0 fully saturated rings. The molecule has 0 N–H and O–H groups in total. The molecule has 0 unspecified atom stereocenters. The van der Waals surface area contributed by atoms with E-state index in [0.717, 1.165) is 24.8 Å². The normalized spacial score (nSPS) is 10.3. The van der Waals surface area contributed by atoms with Gasteiger partial charge in [-0.1, -0.05) is 43.5 Å². The molecule has 82 valence electrons. The summed E-state index contributed by atoms with van der Waals surface area (Å²) in [6, 6.07) is 5.61. The molecule has 0 heterocycles. The first kappa shape index (κ1) is 12.3. The molecular weight excluding hydrogens is 208 g/mol. The Balaban J connectivity index is 2.69. The third-order valence-corrected chi connectivity index (χ3v) is 3.00. The minimum absolute atomic E-state index is 0.164. The van der Waals surface area contributed by atoms with Crippen LogP contribution in [-0.2, 0) is 0 Å². The van der Waals surface area contributed by atoms with Gasteiger partial charge in [-0.3, -0.25) is 4.79 Å². The first-order valence-electron chi connectivity index (χ1n) is 5.45. The zero-order valence-corrected chi connectivity index (χ0v) is 10.1. The lowest BCUT2D eigenvalue weighted by Crippen LogP contribution is -2.00. The highest BCUT2D eigenvalue weighted by molar-refractivity contribution is 6.34. The Bertz CT molecular complexity index is 344. The molecular formula is C13H17ClO. The minimum atomic E-state index is 0.164. The molecule has 0 saturated heterocycles. The summed E-state index contributed by atoms with van der Waals surface area (Å²) in [7, 11) is 0. The predicted octanol–water partition coefficient (Wildman–Crippen LogP) is 4.41.